The zero-order chi connectivity index (χ0) is 18.6. The Kier molecular flexibility index (Phi) is 4.57. The lowest BCUT2D eigenvalue weighted by atomic mass is 9.98. The lowest BCUT2D eigenvalue weighted by Crippen LogP contribution is -2.61. The highest BCUT2D eigenvalue weighted by atomic mass is 16.9. The molecule has 9 heteroatoms. The molecule has 0 aromatic heterocycles. The van der Waals surface area contributed by atoms with Gasteiger partial charge in [-0.15, -0.1) is 0 Å². The van der Waals surface area contributed by atoms with E-state index in [4.69, 9.17) is 23.7 Å². The van der Waals surface area contributed by atoms with Crippen LogP contribution in [-0.4, -0.2) is 67.2 Å². The van der Waals surface area contributed by atoms with E-state index in [1.807, 2.05) is 0 Å². The molecule has 142 valence electrons. The zero-order valence-corrected chi connectivity index (χ0v) is 15.3. The van der Waals surface area contributed by atoms with Gasteiger partial charge in [0.1, 0.15) is 24.4 Å². The molecular formula is C16H26N2O7. The fourth-order valence-electron chi connectivity index (χ4n) is 3.40. The van der Waals surface area contributed by atoms with Crippen molar-refractivity contribution in [2.45, 2.75) is 82.9 Å². The summed E-state index contributed by atoms with van der Waals surface area (Å²) in [5, 5.41) is 5.12. The Balaban J connectivity index is 1.80. The molecule has 3 aliphatic heterocycles. The van der Waals surface area contributed by atoms with Crippen molar-refractivity contribution < 1.29 is 33.3 Å². The normalized spacial score (nSPS) is 39.2. The van der Waals surface area contributed by atoms with Crippen molar-refractivity contribution in [1.29, 1.82) is 0 Å². The van der Waals surface area contributed by atoms with Crippen molar-refractivity contribution in [3.63, 3.8) is 0 Å². The van der Waals surface area contributed by atoms with Crippen LogP contribution in [0.15, 0.2) is 0 Å². The number of hydrogen-bond acceptors (Lipinski definition) is 7. The maximum Gasteiger partial charge on any atom is 0.252 e. The molecule has 3 saturated heterocycles. The molecule has 0 aliphatic carbocycles. The first-order chi connectivity index (χ1) is 11.5. The minimum absolute atomic E-state index is 0.302. The minimum atomic E-state index is -0.974. The Morgan fingerprint density at radius 1 is 0.920 bits per heavy atom. The van der Waals surface area contributed by atoms with Crippen LogP contribution < -0.4 is 10.6 Å². The smallest absolute Gasteiger partial charge is 0.252 e. The number of nitrogens with one attached hydrogen (secondary N) is 2. The summed E-state index contributed by atoms with van der Waals surface area (Å²) in [5.74, 6) is -2.49. The number of carbonyl (C=O) groups excluding carboxylic acids is 2. The summed E-state index contributed by atoms with van der Waals surface area (Å²) >= 11 is 0. The number of rotatable bonds is 3. The summed E-state index contributed by atoms with van der Waals surface area (Å²) in [7, 11) is 1.50. The van der Waals surface area contributed by atoms with Crippen LogP contribution in [0.2, 0.25) is 0 Å². The Labute approximate surface area is 146 Å². The number of amides is 2. The Bertz CT molecular complexity index is 565. The topological polar surface area (TPSA) is 104 Å². The molecule has 0 aromatic rings. The van der Waals surface area contributed by atoms with Crippen LogP contribution in [0.3, 0.4) is 0 Å². The summed E-state index contributed by atoms with van der Waals surface area (Å²) in [4.78, 5) is 24.3. The maximum atomic E-state index is 12.7. The third kappa shape index (κ3) is 3.52. The van der Waals surface area contributed by atoms with E-state index in [2.05, 4.69) is 10.6 Å². The number of hydrogen-bond donors (Lipinski definition) is 2. The number of fused-ring (bicyclic) bond motifs is 3. The molecule has 2 amide bonds. The fraction of sp³-hybridized carbons (Fsp3) is 0.875. The molecule has 3 heterocycles. The van der Waals surface area contributed by atoms with E-state index in [0.29, 0.717) is 0 Å². The third-order valence-corrected chi connectivity index (χ3v) is 4.41. The summed E-state index contributed by atoms with van der Waals surface area (Å²) in [6.45, 7) is 8.67. The first-order valence-corrected chi connectivity index (χ1v) is 8.42. The second kappa shape index (κ2) is 6.17. The molecule has 9 nitrogen and oxygen atoms in total. The fourth-order valence-corrected chi connectivity index (χ4v) is 3.40. The van der Waals surface area contributed by atoms with E-state index < -0.39 is 54.2 Å². The van der Waals surface area contributed by atoms with Crippen molar-refractivity contribution in [2.75, 3.05) is 7.05 Å². The molecule has 6 atom stereocenters. The van der Waals surface area contributed by atoms with E-state index in [9.17, 15) is 9.59 Å². The summed E-state index contributed by atoms with van der Waals surface area (Å²) < 4.78 is 29.3. The predicted molar refractivity (Wildman–Crippen MR) is 84.2 cm³/mol. The SMILES string of the molecule is CNC(=O)[C@H](C)NC(=O)[C@@H]1O[C@@H]2OC(C)(C)O[C@@H]2[C@H]2OC(C)(C)O[C@H]21. The van der Waals surface area contributed by atoms with Crippen LogP contribution in [0.5, 0.6) is 0 Å². The van der Waals surface area contributed by atoms with Gasteiger partial charge in [-0.2, -0.15) is 0 Å². The van der Waals surface area contributed by atoms with E-state index in [1.165, 1.54) is 7.05 Å². The molecule has 0 saturated carbocycles. The number of likely N-dealkylation sites (N-methyl/N-ethyl adjacent to an activating group) is 1. The first kappa shape index (κ1) is 18.5. The van der Waals surface area contributed by atoms with Gasteiger partial charge in [-0.05, 0) is 34.6 Å². The molecule has 3 fully saturated rings. The maximum absolute atomic E-state index is 12.7. The molecule has 0 aromatic carbocycles. The average Bonchev–Trinajstić information content (AvgIpc) is 2.99. The van der Waals surface area contributed by atoms with Gasteiger partial charge in [0.25, 0.3) is 5.91 Å². The molecule has 3 aliphatic rings. The Hall–Kier alpha value is -1.26. The van der Waals surface area contributed by atoms with Crippen LogP contribution in [0.1, 0.15) is 34.6 Å². The molecule has 0 spiro atoms. The highest BCUT2D eigenvalue weighted by molar-refractivity contribution is 5.89. The summed E-state index contributed by atoms with van der Waals surface area (Å²) in [6, 6.07) is -0.704. The summed E-state index contributed by atoms with van der Waals surface area (Å²) in [6.07, 6.45) is -3.40. The lowest BCUT2D eigenvalue weighted by Gasteiger charge is -2.36. The standard InChI is InChI=1S/C16H26N2O7/c1-7(12(19)17-6)18-13(20)10-8-9(23-15(2,3)22-8)11-14(21-10)25-16(4,5)24-11/h7-11,14H,1-6H3,(H,17,19)(H,18,20)/t7-,8+,9-,10+,11+,14+/m0/s1. The zero-order valence-electron chi connectivity index (χ0n) is 15.3. The highest BCUT2D eigenvalue weighted by Gasteiger charge is 2.62. The first-order valence-electron chi connectivity index (χ1n) is 8.42. The largest absolute Gasteiger partial charge is 0.357 e. The van der Waals surface area contributed by atoms with Crippen molar-refractivity contribution in [3.8, 4) is 0 Å². The molecule has 3 rings (SSSR count). The Morgan fingerprint density at radius 3 is 2.12 bits per heavy atom. The van der Waals surface area contributed by atoms with Gasteiger partial charge in [-0.25, -0.2) is 0 Å². The van der Waals surface area contributed by atoms with Crippen molar-refractivity contribution in [2.24, 2.45) is 0 Å². The highest BCUT2D eigenvalue weighted by Crippen LogP contribution is 2.44. The van der Waals surface area contributed by atoms with Gasteiger partial charge in [0, 0.05) is 7.05 Å². The van der Waals surface area contributed by atoms with Crippen LogP contribution >= 0.6 is 0 Å². The number of ether oxygens (including phenoxy) is 5. The van der Waals surface area contributed by atoms with Crippen molar-refractivity contribution in [3.05, 3.63) is 0 Å². The second-order valence-corrected chi connectivity index (χ2v) is 7.43. The van der Waals surface area contributed by atoms with Crippen LogP contribution in [0, 0.1) is 0 Å². The third-order valence-electron chi connectivity index (χ3n) is 4.41. The average molecular weight is 358 g/mol. The van der Waals surface area contributed by atoms with E-state index in [0.717, 1.165) is 0 Å². The monoisotopic (exact) mass is 358 g/mol. The van der Waals surface area contributed by atoms with Gasteiger partial charge in [-0.3, -0.25) is 9.59 Å². The van der Waals surface area contributed by atoms with E-state index in [1.54, 1.807) is 34.6 Å². The van der Waals surface area contributed by atoms with Gasteiger partial charge in [0.2, 0.25) is 5.91 Å². The Morgan fingerprint density at radius 2 is 1.48 bits per heavy atom. The van der Waals surface area contributed by atoms with Crippen LogP contribution in [0.4, 0.5) is 0 Å². The van der Waals surface area contributed by atoms with Gasteiger partial charge in [0.05, 0.1) is 0 Å². The second-order valence-electron chi connectivity index (χ2n) is 7.43. The van der Waals surface area contributed by atoms with Crippen molar-refractivity contribution >= 4 is 11.8 Å². The molecule has 2 N–H and O–H groups in total. The quantitative estimate of drug-likeness (QED) is 0.709. The van der Waals surface area contributed by atoms with Crippen molar-refractivity contribution in [1.82, 2.24) is 10.6 Å². The minimum Gasteiger partial charge on any atom is -0.357 e. The van der Waals surface area contributed by atoms with E-state index >= 15 is 0 Å². The molecular weight excluding hydrogens is 332 g/mol. The molecule has 25 heavy (non-hydrogen) atoms. The van der Waals surface area contributed by atoms with Gasteiger partial charge in [0.15, 0.2) is 24.0 Å². The molecule has 0 radical (unpaired) electrons. The lowest BCUT2D eigenvalue weighted by molar-refractivity contribution is -0.231. The number of carbonyl (C=O) groups is 2. The molecule has 0 bridgehead atoms. The van der Waals surface area contributed by atoms with Crippen LogP contribution in [0.25, 0.3) is 0 Å². The van der Waals surface area contributed by atoms with Gasteiger partial charge < -0.3 is 34.3 Å². The predicted octanol–water partition coefficient (Wildman–Crippen LogP) is -0.366. The van der Waals surface area contributed by atoms with Gasteiger partial charge >= 0.3 is 0 Å². The summed E-state index contributed by atoms with van der Waals surface area (Å²) in [5.41, 5.74) is 0. The van der Waals surface area contributed by atoms with E-state index in [-0.39, 0.29) is 5.91 Å². The van der Waals surface area contributed by atoms with Crippen LogP contribution in [-0.2, 0) is 33.3 Å². The van der Waals surface area contributed by atoms with Gasteiger partial charge in [-0.1, -0.05) is 0 Å². The molecule has 0 unspecified atom stereocenters.